The molecule has 4 rings (SSSR count). The molecule has 1 N–H and O–H groups in total. The second-order valence-corrected chi connectivity index (χ2v) is 6.64. The van der Waals surface area contributed by atoms with E-state index in [9.17, 15) is 4.79 Å². The minimum absolute atomic E-state index is 0.348. The highest BCUT2D eigenvalue weighted by Crippen LogP contribution is 2.25. The first-order valence-corrected chi connectivity index (χ1v) is 8.67. The zero-order valence-corrected chi connectivity index (χ0v) is 14.6. The van der Waals surface area contributed by atoms with Crippen LogP contribution >= 0.6 is 11.6 Å². The van der Waals surface area contributed by atoms with E-state index in [1.54, 1.807) is 6.20 Å². The number of amides is 1. The number of nitrogens with zero attached hydrogens (tertiary/aromatic N) is 3. The maximum absolute atomic E-state index is 11.1. The van der Waals surface area contributed by atoms with Crippen molar-refractivity contribution in [3.05, 3.63) is 71.0 Å². The van der Waals surface area contributed by atoms with Crippen LogP contribution in [0.4, 0.5) is 4.79 Å². The SMILES string of the molecule is O=C(O)N1CCc2nc(-c3ccc(-c4ccc(Cl)cc4)cc3)ncc2C1. The summed E-state index contributed by atoms with van der Waals surface area (Å²) in [5, 5.41) is 9.83. The van der Waals surface area contributed by atoms with Crippen molar-refractivity contribution >= 4 is 17.7 Å². The van der Waals surface area contributed by atoms with Gasteiger partial charge in [-0.2, -0.15) is 0 Å². The van der Waals surface area contributed by atoms with Crippen LogP contribution < -0.4 is 0 Å². The third kappa shape index (κ3) is 3.26. The number of rotatable bonds is 2. The summed E-state index contributed by atoms with van der Waals surface area (Å²) in [5.41, 5.74) is 4.93. The molecule has 1 amide bonds. The average molecular weight is 366 g/mol. The Bertz CT molecular complexity index is 956. The molecule has 0 fully saturated rings. The van der Waals surface area contributed by atoms with E-state index in [1.165, 1.54) is 4.90 Å². The Morgan fingerprint density at radius 1 is 1.00 bits per heavy atom. The summed E-state index contributed by atoms with van der Waals surface area (Å²) in [6, 6.07) is 15.8. The maximum Gasteiger partial charge on any atom is 0.407 e. The van der Waals surface area contributed by atoms with Crippen molar-refractivity contribution in [3.63, 3.8) is 0 Å². The molecular formula is C20H16ClN3O2. The van der Waals surface area contributed by atoms with Gasteiger partial charge in [-0.15, -0.1) is 0 Å². The van der Waals surface area contributed by atoms with Gasteiger partial charge in [-0.3, -0.25) is 0 Å². The summed E-state index contributed by atoms with van der Waals surface area (Å²) < 4.78 is 0. The second kappa shape index (κ2) is 6.77. The van der Waals surface area contributed by atoms with Gasteiger partial charge < -0.3 is 10.0 Å². The van der Waals surface area contributed by atoms with Crippen LogP contribution in [-0.2, 0) is 13.0 Å². The first-order chi connectivity index (χ1) is 12.6. The van der Waals surface area contributed by atoms with E-state index in [4.69, 9.17) is 16.7 Å². The first kappa shape index (κ1) is 16.5. The van der Waals surface area contributed by atoms with Crippen LogP contribution in [0.25, 0.3) is 22.5 Å². The number of carbonyl (C=O) groups is 1. The van der Waals surface area contributed by atoms with Gasteiger partial charge in [0.2, 0.25) is 0 Å². The van der Waals surface area contributed by atoms with Crippen LogP contribution in [-0.4, -0.2) is 32.6 Å². The van der Waals surface area contributed by atoms with Crippen molar-refractivity contribution in [1.82, 2.24) is 14.9 Å². The summed E-state index contributed by atoms with van der Waals surface area (Å²) in [6.07, 6.45) is 1.44. The van der Waals surface area contributed by atoms with Crippen LogP contribution in [0.3, 0.4) is 0 Å². The van der Waals surface area contributed by atoms with E-state index >= 15 is 0 Å². The standard InChI is InChI=1S/C20H16ClN3O2/c21-17-7-5-14(6-8-17)13-1-3-15(4-2-13)19-22-11-16-12-24(20(25)26)10-9-18(16)23-19/h1-8,11H,9-10,12H2,(H,25,26). The smallest absolute Gasteiger partial charge is 0.407 e. The molecule has 1 aromatic heterocycles. The molecule has 0 aliphatic carbocycles. The molecule has 0 saturated carbocycles. The van der Waals surface area contributed by atoms with Crippen molar-refractivity contribution in [2.75, 3.05) is 6.54 Å². The Hall–Kier alpha value is -2.92. The molecule has 0 unspecified atom stereocenters. The fraction of sp³-hybridized carbons (Fsp3) is 0.150. The maximum atomic E-state index is 11.1. The molecule has 3 aromatic rings. The number of benzene rings is 2. The minimum Gasteiger partial charge on any atom is -0.465 e. The predicted molar refractivity (Wildman–Crippen MR) is 100 cm³/mol. The topological polar surface area (TPSA) is 66.3 Å². The van der Waals surface area contributed by atoms with E-state index in [1.807, 2.05) is 48.5 Å². The Labute approximate surface area is 155 Å². The minimum atomic E-state index is -0.905. The van der Waals surface area contributed by atoms with Crippen molar-refractivity contribution < 1.29 is 9.90 Å². The second-order valence-electron chi connectivity index (χ2n) is 6.20. The molecule has 0 bridgehead atoms. The van der Waals surface area contributed by atoms with E-state index in [-0.39, 0.29) is 0 Å². The van der Waals surface area contributed by atoms with Gasteiger partial charge in [0.05, 0.1) is 12.2 Å². The molecule has 0 radical (unpaired) electrons. The normalized spacial score (nSPS) is 13.3. The van der Waals surface area contributed by atoms with E-state index in [0.717, 1.165) is 27.9 Å². The van der Waals surface area contributed by atoms with Crippen LogP contribution in [0.2, 0.25) is 5.02 Å². The number of halogens is 1. The molecule has 2 aromatic carbocycles. The summed E-state index contributed by atoms with van der Waals surface area (Å²) in [5.74, 6) is 0.662. The highest BCUT2D eigenvalue weighted by molar-refractivity contribution is 6.30. The quantitative estimate of drug-likeness (QED) is 0.726. The molecule has 0 spiro atoms. The van der Waals surface area contributed by atoms with Gasteiger partial charge in [-0.05, 0) is 23.3 Å². The monoisotopic (exact) mass is 365 g/mol. The summed E-state index contributed by atoms with van der Waals surface area (Å²) in [6.45, 7) is 0.814. The number of fused-ring (bicyclic) bond motifs is 1. The van der Waals surface area contributed by atoms with Gasteiger partial charge in [0, 0.05) is 35.3 Å². The fourth-order valence-corrected chi connectivity index (χ4v) is 3.20. The molecular weight excluding hydrogens is 350 g/mol. The summed E-state index contributed by atoms with van der Waals surface area (Å²) in [7, 11) is 0. The molecule has 1 aliphatic rings. The summed E-state index contributed by atoms with van der Waals surface area (Å²) in [4.78, 5) is 21.5. The van der Waals surface area contributed by atoms with Gasteiger partial charge in [0.15, 0.2) is 5.82 Å². The van der Waals surface area contributed by atoms with Crippen molar-refractivity contribution in [2.24, 2.45) is 0 Å². The van der Waals surface area contributed by atoms with Gasteiger partial charge >= 0.3 is 6.09 Å². The van der Waals surface area contributed by atoms with Crippen molar-refractivity contribution in [2.45, 2.75) is 13.0 Å². The Kier molecular flexibility index (Phi) is 4.31. The lowest BCUT2D eigenvalue weighted by Gasteiger charge is -2.25. The molecule has 130 valence electrons. The van der Waals surface area contributed by atoms with Gasteiger partial charge in [0.1, 0.15) is 0 Å². The molecule has 1 aliphatic heterocycles. The van der Waals surface area contributed by atoms with Crippen molar-refractivity contribution in [1.29, 1.82) is 0 Å². The Morgan fingerprint density at radius 2 is 1.62 bits per heavy atom. The molecule has 6 heteroatoms. The van der Waals surface area contributed by atoms with Crippen LogP contribution in [0.1, 0.15) is 11.3 Å². The first-order valence-electron chi connectivity index (χ1n) is 8.29. The lowest BCUT2D eigenvalue weighted by atomic mass is 10.0. The Balaban J connectivity index is 1.58. The van der Waals surface area contributed by atoms with Crippen LogP contribution in [0.15, 0.2) is 54.7 Å². The highest BCUT2D eigenvalue weighted by atomic mass is 35.5. The van der Waals surface area contributed by atoms with E-state index in [2.05, 4.69) is 9.97 Å². The third-order valence-corrected chi connectivity index (χ3v) is 4.78. The van der Waals surface area contributed by atoms with E-state index in [0.29, 0.717) is 30.4 Å². The van der Waals surface area contributed by atoms with Crippen molar-refractivity contribution in [3.8, 4) is 22.5 Å². The zero-order chi connectivity index (χ0) is 18.1. The number of carboxylic acid groups (broad SMARTS) is 1. The zero-order valence-electron chi connectivity index (χ0n) is 13.9. The fourth-order valence-electron chi connectivity index (χ4n) is 3.07. The molecule has 5 nitrogen and oxygen atoms in total. The lowest BCUT2D eigenvalue weighted by Crippen LogP contribution is -2.35. The average Bonchev–Trinajstić information content (AvgIpc) is 2.68. The molecule has 0 saturated heterocycles. The number of hydrogen-bond donors (Lipinski definition) is 1. The lowest BCUT2D eigenvalue weighted by molar-refractivity contribution is 0.139. The molecule has 26 heavy (non-hydrogen) atoms. The van der Waals surface area contributed by atoms with Crippen LogP contribution in [0, 0.1) is 0 Å². The predicted octanol–water partition coefficient (Wildman–Crippen LogP) is 4.50. The van der Waals surface area contributed by atoms with Gasteiger partial charge in [-0.25, -0.2) is 14.8 Å². The van der Waals surface area contributed by atoms with Gasteiger partial charge in [0.25, 0.3) is 0 Å². The Morgan fingerprint density at radius 3 is 2.27 bits per heavy atom. The summed E-state index contributed by atoms with van der Waals surface area (Å²) >= 11 is 5.94. The number of aromatic nitrogens is 2. The molecule has 0 atom stereocenters. The molecule has 2 heterocycles. The third-order valence-electron chi connectivity index (χ3n) is 4.53. The van der Waals surface area contributed by atoms with Crippen LogP contribution in [0.5, 0.6) is 0 Å². The number of hydrogen-bond acceptors (Lipinski definition) is 3. The largest absolute Gasteiger partial charge is 0.465 e. The van der Waals surface area contributed by atoms with E-state index < -0.39 is 6.09 Å². The highest BCUT2D eigenvalue weighted by Gasteiger charge is 2.21. The van der Waals surface area contributed by atoms with Gasteiger partial charge in [-0.1, -0.05) is 48.0 Å².